The third-order valence-electron chi connectivity index (χ3n) is 3.90. The molecule has 0 heterocycles. The molecule has 1 aliphatic carbocycles. The van der Waals surface area contributed by atoms with E-state index in [2.05, 4.69) is 10.6 Å². The van der Waals surface area contributed by atoms with Gasteiger partial charge in [0.05, 0.1) is 12.4 Å². The molecule has 1 fully saturated rings. The van der Waals surface area contributed by atoms with Gasteiger partial charge in [-0.15, -0.1) is 11.8 Å². The molecular formula is C17H24N2O3S. The van der Waals surface area contributed by atoms with Gasteiger partial charge in [-0.3, -0.25) is 10.1 Å². The Labute approximate surface area is 141 Å². The number of thioether (sulfide) groups is 1. The number of ether oxygens (including phenoxy) is 1. The number of hydrogen-bond acceptors (Lipinski definition) is 4. The quantitative estimate of drug-likeness (QED) is 0.809. The van der Waals surface area contributed by atoms with Crippen LogP contribution in [0.15, 0.2) is 29.2 Å². The molecule has 0 aromatic heterocycles. The molecule has 1 aliphatic rings. The van der Waals surface area contributed by atoms with Crippen LogP contribution in [0.4, 0.5) is 4.79 Å². The van der Waals surface area contributed by atoms with Crippen LogP contribution in [0.5, 0.6) is 5.75 Å². The average Bonchev–Trinajstić information content (AvgIpc) is 2.55. The molecule has 1 unspecified atom stereocenters. The third-order valence-corrected chi connectivity index (χ3v) is 4.99. The molecule has 2 N–H and O–H groups in total. The fourth-order valence-corrected chi connectivity index (χ4v) is 3.53. The minimum absolute atomic E-state index is 0.192. The molecule has 0 radical (unpaired) electrons. The lowest BCUT2D eigenvalue weighted by Crippen LogP contribution is -2.47. The molecule has 1 saturated carbocycles. The summed E-state index contributed by atoms with van der Waals surface area (Å²) in [4.78, 5) is 25.0. The van der Waals surface area contributed by atoms with E-state index >= 15 is 0 Å². The number of imide groups is 1. The van der Waals surface area contributed by atoms with Crippen molar-refractivity contribution in [2.45, 2.75) is 55.2 Å². The lowest BCUT2D eigenvalue weighted by molar-refractivity contribution is -0.119. The lowest BCUT2D eigenvalue weighted by Gasteiger charge is -2.23. The number of amides is 3. The van der Waals surface area contributed by atoms with Crippen molar-refractivity contribution in [1.82, 2.24) is 10.6 Å². The normalized spacial score (nSPS) is 16.4. The molecule has 0 aliphatic heterocycles. The highest BCUT2D eigenvalue weighted by molar-refractivity contribution is 8.00. The molecule has 1 aromatic carbocycles. The average molecular weight is 336 g/mol. The number of carbonyl (C=O) groups excluding carboxylic acids is 2. The number of hydrogen-bond donors (Lipinski definition) is 2. The van der Waals surface area contributed by atoms with Crippen LogP contribution in [0, 0.1) is 0 Å². The van der Waals surface area contributed by atoms with E-state index in [1.807, 2.05) is 24.3 Å². The van der Waals surface area contributed by atoms with Crippen LogP contribution in [-0.4, -0.2) is 30.3 Å². The van der Waals surface area contributed by atoms with Crippen molar-refractivity contribution in [3.63, 3.8) is 0 Å². The Bertz CT molecular complexity index is 544. The fourth-order valence-electron chi connectivity index (χ4n) is 2.61. The molecule has 1 atom stereocenters. The van der Waals surface area contributed by atoms with E-state index in [1.54, 1.807) is 14.0 Å². The second kappa shape index (κ2) is 8.82. The zero-order valence-corrected chi connectivity index (χ0v) is 14.4. The van der Waals surface area contributed by atoms with Crippen molar-refractivity contribution in [2.24, 2.45) is 0 Å². The first-order valence-corrected chi connectivity index (χ1v) is 8.88. The number of rotatable bonds is 5. The molecule has 1 aromatic rings. The van der Waals surface area contributed by atoms with Crippen LogP contribution in [0.25, 0.3) is 0 Å². The van der Waals surface area contributed by atoms with Crippen LogP contribution < -0.4 is 15.4 Å². The number of methoxy groups -OCH3 is 1. The third kappa shape index (κ3) is 5.78. The van der Waals surface area contributed by atoms with Gasteiger partial charge in [-0.1, -0.05) is 25.3 Å². The Morgan fingerprint density at radius 2 is 2.00 bits per heavy atom. The van der Waals surface area contributed by atoms with Crippen molar-refractivity contribution in [3.05, 3.63) is 24.3 Å². The predicted molar refractivity (Wildman–Crippen MR) is 91.9 cm³/mol. The van der Waals surface area contributed by atoms with Gasteiger partial charge in [0.2, 0.25) is 5.91 Å². The van der Waals surface area contributed by atoms with Crippen LogP contribution >= 0.6 is 11.8 Å². The molecule has 0 bridgehead atoms. The van der Waals surface area contributed by atoms with E-state index < -0.39 is 0 Å². The van der Waals surface area contributed by atoms with Crippen LogP contribution in [-0.2, 0) is 4.79 Å². The summed E-state index contributed by atoms with van der Waals surface area (Å²) < 4.78 is 5.17. The summed E-state index contributed by atoms with van der Waals surface area (Å²) in [7, 11) is 1.61. The summed E-state index contributed by atoms with van der Waals surface area (Å²) in [5.74, 6) is 0.462. The van der Waals surface area contributed by atoms with Gasteiger partial charge >= 0.3 is 6.03 Å². The first-order valence-electron chi connectivity index (χ1n) is 8.00. The smallest absolute Gasteiger partial charge is 0.321 e. The first-order chi connectivity index (χ1) is 11.1. The maximum Gasteiger partial charge on any atom is 0.321 e. The number of nitrogens with one attached hydrogen (secondary N) is 2. The number of carbonyl (C=O) groups is 2. The van der Waals surface area contributed by atoms with E-state index in [-0.39, 0.29) is 23.2 Å². The van der Waals surface area contributed by atoms with Crippen LogP contribution in [0.2, 0.25) is 0 Å². The Balaban J connectivity index is 1.80. The molecule has 0 spiro atoms. The number of benzene rings is 1. The highest BCUT2D eigenvalue weighted by Crippen LogP contribution is 2.26. The van der Waals surface area contributed by atoms with Gasteiger partial charge in [0, 0.05) is 10.9 Å². The second-order valence-corrected chi connectivity index (χ2v) is 7.15. The largest absolute Gasteiger partial charge is 0.497 e. The maximum absolute atomic E-state index is 12.1. The minimum Gasteiger partial charge on any atom is -0.497 e. The summed E-state index contributed by atoms with van der Waals surface area (Å²) in [6, 6.07) is 7.32. The monoisotopic (exact) mass is 336 g/mol. The first kappa shape index (κ1) is 17.7. The molecule has 2 rings (SSSR count). The van der Waals surface area contributed by atoms with Crippen molar-refractivity contribution in [2.75, 3.05) is 7.11 Å². The lowest BCUT2D eigenvalue weighted by atomic mass is 9.96. The maximum atomic E-state index is 12.1. The topological polar surface area (TPSA) is 67.4 Å². The number of urea groups is 1. The zero-order valence-electron chi connectivity index (χ0n) is 13.6. The van der Waals surface area contributed by atoms with Gasteiger partial charge in [-0.05, 0) is 38.0 Å². The van der Waals surface area contributed by atoms with E-state index in [9.17, 15) is 9.59 Å². The van der Waals surface area contributed by atoms with Gasteiger partial charge in [-0.2, -0.15) is 0 Å². The van der Waals surface area contributed by atoms with E-state index in [0.29, 0.717) is 0 Å². The second-order valence-electron chi connectivity index (χ2n) is 5.74. The van der Waals surface area contributed by atoms with Gasteiger partial charge < -0.3 is 10.1 Å². The summed E-state index contributed by atoms with van der Waals surface area (Å²) in [5.41, 5.74) is 0. The highest BCUT2D eigenvalue weighted by atomic mass is 32.2. The molecule has 3 amide bonds. The molecular weight excluding hydrogens is 312 g/mol. The Kier molecular flexibility index (Phi) is 6.77. The highest BCUT2D eigenvalue weighted by Gasteiger charge is 2.20. The Morgan fingerprint density at radius 3 is 2.70 bits per heavy atom. The summed E-state index contributed by atoms with van der Waals surface area (Å²) >= 11 is 1.40. The SMILES string of the molecule is COc1cccc(SC(C)C(=O)NC(=O)NC2CCCCC2)c1. The predicted octanol–water partition coefficient (Wildman–Crippen LogP) is 3.33. The molecule has 6 heteroatoms. The summed E-state index contributed by atoms with van der Waals surface area (Å²) in [5, 5.41) is 4.96. The van der Waals surface area contributed by atoms with Gasteiger partial charge in [0.1, 0.15) is 5.75 Å². The van der Waals surface area contributed by atoms with Crippen LogP contribution in [0.1, 0.15) is 39.0 Å². The molecule has 126 valence electrons. The molecule has 5 nitrogen and oxygen atoms in total. The fraction of sp³-hybridized carbons (Fsp3) is 0.529. The van der Waals surface area contributed by atoms with Crippen molar-refractivity contribution in [1.29, 1.82) is 0 Å². The molecule has 0 saturated heterocycles. The van der Waals surface area contributed by atoms with E-state index in [0.717, 1.165) is 36.3 Å². The van der Waals surface area contributed by atoms with Crippen LogP contribution in [0.3, 0.4) is 0 Å². The summed E-state index contributed by atoms with van der Waals surface area (Å²) in [6.07, 6.45) is 5.50. The van der Waals surface area contributed by atoms with E-state index in [1.165, 1.54) is 18.2 Å². The van der Waals surface area contributed by atoms with E-state index in [4.69, 9.17) is 4.74 Å². The Hall–Kier alpha value is -1.69. The standard InChI is InChI=1S/C17H24N2O3S/c1-12(23-15-10-6-9-14(11-15)22-2)16(20)19-17(21)18-13-7-4-3-5-8-13/h6,9-13H,3-5,7-8H2,1-2H3,(H2,18,19,20,21). The Morgan fingerprint density at radius 1 is 1.26 bits per heavy atom. The summed E-state index contributed by atoms with van der Waals surface area (Å²) in [6.45, 7) is 1.79. The van der Waals surface area contributed by atoms with Gasteiger partial charge in [0.15, 0.2) is 0 Å². The molecule has 23 heavy (non-hydrogen) atoms. The van der Waals surface area contributed by atoms with Crippen molar-refractivity contribution in [3.8, 4) is 5.75 Å². The van der Waals surface area contributed by atoms with Gasteiger partial charge in [-0.25, -0.2) is 4.79 Å². The van der Waals surface area contributed by atoms with Crippen molar-refractivity contribution >= 4 is 23.7 Å². The minimum atomic E-state index is -0.389. The van der Waals surface area contributed by atoms with Gasteiger partial charge in [0.25, 0.3) is 0 Å². The zero-order chi connectivity index (χ0) is 16.7. The van der Waals surface area contributed by atoms with Crippen molar-refractivity contribution < 1.29 is 14.3 Å².